The van der Waals surface area contributed by atoms with E-state index < -0.39 is 16.1 Å². The van der Waals surface area contributed by atoms with E-state index >= 15 is 0 Å². The molecule has 0 fully saturated rings. The Bertz CT molecular complexity index is 1120. The fourth-order valence-electron chi connectivity index (χ4n) is 3.76. The van der Waals surface area contributed by atoms with Crippen LogP contribution in [0.1, 0.15) is 18.1 Å². The Hall–Kier alpha value is -2.64. The molecular weight excluding hydrogens is 374 g/mol. The van der Waals surface area contributed by atoms with Gasteiger partial charge in [-0.2, -0.15) is 0 Å². The largest absolute Gasteiger partial charge is 0.361 e. The van der Waals surface area contributed by atoms with E-state index in [4.69, 9.17) is 0 Å². The molecule has 2 N–H and O–H groups in total. The Kier molecular flexibility index (Phi) is 4.95. The maximum absolute atomic E-state index is 13.4. The first-order chi connectivity index (χ1) is 13.5. The highest BCUT2D eigenvalue weighted by Gasteiger charge is 2.32. The third-order valence-corrected chi connectivity index (χ3v) is 6.66. The van der Waals surface area contributed by atoms with E-state index in [-0.39, 0.29) is 11.7 Å². The summed E-state index contributed by atoms with van der Waals surface area (Å²) in [4.78, 5) is 18.2. The van der Waals surface area contributed by atoms with Crippen molar-refractivity contribution in [1.29, 1.82) is 0 Å². The van der Waals surface area contributed by atoms with E-state index in [0.29, 0.717) is 13.0 Å². The van der Waals surface area contributed by atoms with E-state index in [1.807, 2.05) is 54.7 Å². The van der Waals surface area contributed by atoms with Gasteiger partial charge in [-0.15, -0.1) is 0 Å². The molecule has 1 aliphatic heterocycles. The summed E-state index contributed by atoms with van der Waals surface area (Å²) in [6.45, 7) is 2.14. The van der Waals surface area contributed by atoms with Gasteiger partial charge < -0.3 is 9.88 Å². The Morgan fingerprint density at radius 1 is 1.18 bits per heavy atom. The molecule has 0 saturated heterocycles. The van der Waals surface area contributed by atoms with Gasteiger partial charge in [-0.05, 0) is 43.0 Å². The molecule has 0 saturated carbocycles. The maximum Gasteiger partial charge on any atom is 0.245 e. The molecule has 2 aromatic carbocycles. The van der Waals surface area contributed by atoms with Crippen LogP contribution in [0.3, 0.4) is 0 Å². The molecule has 2 heterocycles. The van der Waals surface area contributed by atoms with Crippen molar-refractivity contribution in [1.82, 2.24) is 9.71 Å². The summed E-state index contributed by atoms with van der Waals surface area (Å²) in [6, 6.07) is 14.7. The zero-order valence-corrected chi connectivity index (χ0v) is 16.5. The number of aromatic amines is 1. The number of anilines is 1. The number of benzene rings is 2. The van der Waals surface area contributed by atoms with Gasteiger partial charge in [-0.3, -0.25) is 4.79 Å². The van der Waals surface area contributed by atoms with Crippen LogP contribution in [0.25, 0.3) is 10.9 Å². The van der Waals surface area contributed by atoms with E-state index in [1.54, 1.807) is 11.8 Å². The molecule has 4 rings (SSSR count). The number of H-pyrrole nitrogens is 1. The normalized spacial score (nSPS) is 15.0. The lowest BCUT2D eigenvalue weighted by atomic mass is 10.0. The zero-order chi connectivity index (χ0) is 19.7. The molecule has 1 amide bonds. The molecule has 1 aliphatic rings. The quantitative estimate of drug-likeness (QED) is 0.671. The second kappa shape index (κ2) is 7.41. The summed E-state index contributed by atoms with van der Waals surface area (Å²) in [6.07, 6.45) is 2.92. The predicted octanol–water partition coefficient (Wildman–Crippen LogP) is 2.61. The minimum Gasteiger partial charge on any atom is -0.361 e. The van der Waals surface area contributed by atoms with Crippen LogP contribution in [0.15, 0.2) is 54.7 Å². The average molecular weight is 398 g/mol. The van der Waals surface area contributed by atoms with Crippen molar-refractivity contribution >= 4 is 32.5 Å². The average Bonchev–Trinajstić information content (AvgIpc) is 3.31. The molecule has 0 unspecified atom stereocenters. The lowest BCUT2D eigenvalue weighted by Gasteiger charge is -2.24. The summed E-state index contributed by atoms with van der Waals surface area (Å²) >= 11 is 0. The molecule has 0 bridgehead atoms. The number of hydrogen-bond donors (Lipinski definition) is 2. The van der Waals surface area contributed by atoms with Crippen molar-refractivity contribution in [2.75, 3.05) is 17.2 Å². The van der Waals surface area contributed by atoms with Crippen LogP contribution in [0, 0.1) is 0 Å². The highest BCUT2D eigenvalue weighted by molar-refractivity contribution is 7.89. The van der Waals surface area contributed by atoms with E-state index in [9.17, 15) is 13.2 Å². The number of amides is 1. The Morgan fingerprint density at radius 2 is 1.93 bits per heavy atom. The van der Waals surface area contributed by atoms with Crippen LogP contribution < -0.4 is 9.62 Å². The SMILES string of the molecule is CCS(=O)(=O)N[C@@H](Cc1c[nH]c2ccccc12)C(=O)N1CCc2ccccc21. The number of sulfonamides is 1. The second-order valence-corrected chi connectivity index (χ2v) is 9.05. The number of rotatable bonds is 6. The number of nitrogens with one attached hydrogen (secondary N) is 2. The van der Waals surface area contributed by atoms with Gasteiger partial charge in [0.25, 0.3) is 0 Å². The minimum absolute atomic E-state index is 0.0682. The Labute approximate surface area is 164 Å². The Balaban J connectivity index is 1.67. The molecule has 1 aromatic heterocycles. The number of nitrogens with zero attached hydrogens (tertiary/aromatic N) is 1. The summed E-state index contributed by atoms with van der Waals surface area (Å²) in [5, 5.41) is 0.998. The molecule has 146 valence electrons. The van der Waals surface area contributed by atoms with Crippen LogP contribution >= 0.6 is 0 Å². The van der Waals surface area contributed by atoms with Crippen molar-refractivity contribution in [2.24, 2.45) is 0 Å². The first-order valence-electron chi connectivity index (χ1n) is 9.43. The summed E-state index contributed by atoms with van der Waals surface area (Å²) in [5.41, 5.74) is 3.86. The number of para-hydroxylation sites is 2. The van der Waals surface area contributed by atoms with Gasteiger partial charge in [0.05, 0.1) is 5.75 Å². The molecule has 1 atom stereocenters. The van der Waals surface area contributed by atoms with E-state index in [2.05, 4.69) is 9.71 Å². The standard InChI is InChI=1S/C21H23N3O3S/c1-2-28(26,27)23-19(13-16-14-22-18-9-5-4-8-17(16)18)21(25)24-12-11-15-7-3-6-10-20(15)24/h3-10,14,19,22-23H,2,11-13H2,1H3/t19-/m0/s1. The van der Waals surface area contributed by atoms with E-state index in [1.165, 1.54) is 0 Å². The summed E-state index contributed by atoms with van der Waals surface area (Å²) in [7, 11) is -3.53. The van der Waals surface area contributed by atoms with Crippen molar-refractivity contribution in [3.05, 3.63) is 65.9 Å². The predicted molar refractivity (Wildman–Crippen MR) is 111 cm³/mol. The van der Waals surface area contributed by atoms with Gasteiger partial charge in [0.1, 0.15) is 6.04 Å². The highest BCUT2D eigenvalue weighted by Crippen LogP contribution is 2.29. The van der Waals surface area contributed by atoms with Crippen LogP contribution in [-0.4, -0.2) is 37.6 Å². The third-order valence-electron chi connectivity index (χ3n) is 5.25. The summed E-state index contributed by atoms with van der Waals surface area (Å²) < 4.78 is 27.2. The molecule has 0 radical (unpaired) electrons. The van der Waals surface area contributed by atoms with Crippen LogP contribution in [0.4, 0.5) is 5.69 Å². The van der Waals surface area contributed by atoms with Gasteiger partial charge in [0.15, 0.2) is 0 Å². The van der Waals surface area contributed by atoms with Crippen LogP contribution in [0.5, 0.6) is 0 Å². The van der Waals surface area contributed by atoms with E-state index in [0.717, 1.165) is 34.1 Å². The number of carbonyl (C=O) groups is 1. The Morgan fingerprint density at radius 3 is 2.75 bits per heavy atom. The molecule has 7 heteroatoms. The van der Waals surface area contributed by atoms with Gasteiger partial charge in [0.2, 0.25) is 15.9 Å². The molecule has 6 nitrogen and oxygen atoms in total. The van der Waals surface area contributed by atoms with Gasteiger partial charge >= 0.3 is 0 Å². The van der Waals surface area contributed by atoms with Crippen molar-refractivity contribution < 1.29 is 13.2 Å². The van der Waals surface area contributed by atoms with Gasteiger partial charge in [-0.25, -0.2) is 13.1 Å². The number of carbonyl (C=O) groups excluding carboxylic acids is 1. The highest BCUT2D eigenvalue weighted by atomic mass is 32.2. The van der Waals surface area contributed by atoms with Crippen molar-refractivity contribution in [3.63, 3.8) is 0 Å². The van der Waals surface area contributed by atoms with Crippen molar-refractivity contribution in [3.8, 4) is 0 Å². The van der Waals surface area contributed by atoms with Crippen LogP contribution in [0.2, 0.25) is 0 Å². The summed E-state index contributed by atoms with van der Waals surface area (Å²) in [5.74, 6) is -0.284. The number of hydrogen-bond acceptors (Lipinski definition) is 3. The first kappa shape index (κ1) is 18.7. The lowest BCUT2D eigenvalue weighted by molar-refractivity contribution is -0.120. The molecule has 28 heavy (non-hydrogen) atoms. The second-order valence-electron chi connectivity index (χ2n) is 7.01. The molecule has 0 aliphatic carbocycles. The van der Waals surface area contributed by atoms with Gasteiger partial charge in [-0.1, -0.05) is 36.4 Å². The van der Waals surface area contributed by atoms with Crippen molar-refractivity contribution in [2.45, 2.75) is 25.8 Å². The minimum atomic E-state index is -3.53. The fraction of sp³-hybridized carbons (Fsp3) is 0.286. The van der Waals surface area contributed by atoms with Crippen LogP contribution in [-0.2, 0) is 27.7 Å². The fourth-order valence-corrected chi connectivity index (χ4v) is 4.54. The molecule has 3 aromatic rings. The number of aromatic nitrogens is 1. The maximum atomic E-state index is 13.4. The third kappa shape index (κ3) is 3.55. The monoisotopic (exact) mass is 397 g/mol. The topological polar surface area (TPSA) is 82.3 Å². The smallest absolute Gasteiger partial charge is 0.245 e. The number of fused-ring (bicyclic) bond motifs is 2. The van der Waals surface area contributed by atoms with Gasteiger partial charge in [0, 0.05) is 29.3 Å². The molecule has 0 spiro atoms. The first-order valence-corrected chi connectivity index (χ1v) is 11.1. The lowest BCUT2D eigenvalue weighted by Crippen LogP contribution is -2.49. The zero-order valence-electron chi connectivity index (χ0n) is 15.7. The molecular formula is C21H23N3O3S.